The van der Waals surface area contributed by atoms with Gasteiger partial charge < -0.3 is 10.4 Å². The number of hydrogen-bond donors (Lipinski definition) is 2. The first-order valence-corrected chi connectivity index (χ1v) is 9.64. The molecular formula is C16H22N2O5S. The van der Waals surface area contributed by atoms with Gasteiger partial charge in [0.1, 0.15) is 6.04 Å². The molecule has 1 fully saturated rings. The van der Waals surface area contributed by atoms with Crippen molar-refractivity contribution in [3.63, 3.8) is 0 Å². The molecule has 0 radical (unpaired) electrons. The quantitative estimate of drug-likeness (QED) is 0.773. The number of rotatable bonds is 6. The van der Waals surface area contributed by atoms with Gasteiger partial charge in [0.2, 0.25) is 15.9 Å². The van der Waals surface area contributed by atoms with Gasteiger partial charge in [0.15, 0.2) is 0 Å². The highest BCUT2D eigenvalue weighted by Crippen LogP contribution is 2.19. The molecule has 2 atom stereocenters. The molecule has 2 N–H and O–H groups in total. The predicted molar refractivity (Wildman–Crippen MR) is 88.9 cm³/mol. The number of amides is 1. The van der Waals surface area contributed by atoms with Crippen molar-refractivity contribution in [2.75, 3.05) is 19.3 Å². The Morgan fingerprint density at radius 3 is 2.58 bits per heavy atom. The first-order chi connectivity index (χ1) is 11.3. The number of carboxylic acid groups (broad SMARTS) is 1. The molecule has 1 aliphatic rings. The molecule has 1 aliphatic heterocycles. The van der Waals surface area contributed by atoms with E-state index in [9.17, 15) is 23.1 Å². The maximum Gasteiger partial charge on any atom is 0.326 e. The summed E-state index contributed by atoms with van der Waals surface area (Å²) in [5, 5.41) is 11.9. The molecule has 132 valence electrons. The topological polar surface area (TPSA) is 104 Å². The maximum absolute atomic E-state index is 12.4. The van der Waals surface area contributed by atoms with Crippen molar-refractivity contribution in [1.82, 2.24) is 9.62 Å². The zero-order chi connectivity index (χ0) is 17.7. The highest BCUT2D eigenvalue weighted by atomic mass is 32.2. The fourth-order valence-electron chi connectivity index (χ4n) is 2.80. The van der Waals surface area contributed by atoms with E-state index in [-0.39, 0.29) is 13.0 Å². The van der Waals surface area contributed by atoms with E-state index < -0.39 is 33.9 Å². The van der Waals surface area contributed by atoms with Gasteiger partial charge in [-0.2, -0.15) is 0 Å². The third-order valence-corrected chi connectivity index (χ3v) is 5.39. The molecule has 0 aliphatic carbocycles. The standard InChI is InChI=1S/C16H22N2O5S/c1-24(22,23)18-9-5-8-13(11-18)15(19)17-14(16(20)21)10-12-6-3-2-4-7-12/h2-4,6-7,13-14H,5,8-11H2,1H3,(H,17,19)(H,20,21)/t13-,14-/m0/s1. The summed E-state index contributed by atoms with van der Waals surface area (Å²) in [5.41, 5.74) is 0.812. The largest absolute Gasteiger partial charge is 0.480 e. The van der Waals surface area contributed by atoms with Gasteiger partial charge in [-0.15, -0.1) is 0 Å². The first-order valence-electron chi connectivity index (χ1n) is 7.79. The molecule has 0 spiro atoms. The second kappa shape index (κ2) is 7.76. The molecular weight excluding hydrogens is 332 g/mol. The lowest BCUT2D eigenvalue weighted by Gasteiger charge is -2.30. The predicted octanol–water partition coefficient (Wildman–Crippen LogP) is 0.470. The SMILES string of the molecule is CS(=O)(=O)N1CCC[C@H](C(=O)N[C@@H](Cc2ccccc2)C(=O)O)C1. The zero-order valence-electron chi connectivity index (χ0n) is 13.5. The van der Waals surface area contributed by atoms with Gasteiger partial charge in [0, 0.05) is 19.5 Å². The van der Waals surface area contributed by atoms with Crippen LogP contribution >= 0.6 is 0 Å². The maximum atomic E-state index is 12.4. The van der Waals surface area contributed by atoms with Gasteiger partial charge in [-0.3, -0.25) is 4.79 Å². The third-order valence-electron chi connectivity index (χ3n) is 4.12. The van der Waals surface area contributed by atoms with Crippen LogP contribution < -0.4 is 5.32 Å². The number of piperidine rings is 1. The molecule has 0 unspecified atom stereocenters. The van der Waals surface area contributed by atoms with Crippen LogP contribution in [0.4, 0.5) is 0 Å². The van der Waals surface area contributed by atoms with E-state index in [0.29, 0.717) is 19.4 Å². The lowest BCUT2D eigenvalue weighted by atomic mass is 9.97. The van der Waals surface area contributed by atoms with E-state index in [1.165, 1.54) is 4.31 Å². The molecule has 0 aromatic heterocycles. The minimum absolute atomic E-state index is 0.0995. The lowest BCUT2D eigenvalue weighted by Crippen LogP contribution is -2.49. The summed E-state index contributed by atoms with van der Waals surface area (Å²) in [5.74, 6) is -2.04. The second-order valence-corrected chi connectivity index (χ2v) is 8.03. The van der Waals surface area contributed by atoms with Crippen molar-refractivity contribution < 1.29 is 23.1 Å². The Bertz CT molecular complexity index is 690. The second-order valence-electron chi connectivity index (χ2n) is 6.05. The van der Waals surface area contributed by atoms with Gasteiger partial charge in [-0.25, -0.2) is 17.5 Å². The highest BCUT2D eigenvalue weighted by molar-refractivity contribution is 7.88. The van der Waals surface area contributed by atoms with E-state index >= 15 is 0 Å². The van der Waals surface area contributed by atoms with Crippen molar-refractivity contribution in [2.24, 2.45) is 5.92 Å². The van der Waals surface area contributed by atoms with Crippen LogP contribution in [0.15, 0.2) is 30.3 Å². The van der Waals surface area contributed by atoms with Crippen LogP contribution in [-0.2, 0) is 26.0 Å². The number of aliphatic carboxylic acids is 1. The van der Waals surface area contributed by atoms with E-state index in [2.05, 4.69) is 5.32 Å². The van der Waals surface area contributed by atoms with Gasteiger partial charge in [-0.05, 0) is 18.4 Å². The third kappa shape index (κ3) is 5.04. The van der Waals surface area contributed by atoms with Crippen LogP contribution in [0.25, 0.3) is 0 Å². The summed E-state index contributed by atoms with van der Waals surface area (Å²) >= 11 is 0. The van der Waals surface area contributed by atoms with Crippen LogP contribution in [0.1, 0.15) is 18.4 Å². The minimum atomic E-state index is -3.35. The number of carboxylic acids is 1. The van der Waals surface area contributed by atoms with Crippen LogP contribution in [0.5, 0.6) is 0 Å². The fraction of sp³-hybridized carbons (Fsp3) is 0.500. The van der Waals surface area contributed by atoms with Crippen molar-refractivity contribution >= 4 is 21.9 Å². The Labute approximate surface area is 141 Å². The number of hydrogen-bond acceptors (Lipinski definition) is 4. The Morgan fingerprint density at radius 2 is 2.00 bits per heavy atom. The summed E-state index contributed by atoms with van der Waals surface area (Å²) in [4.78, 5) is 23.8. The van der Waals surface area contributed by atoms with Crippen molar-refractivity contribution in [3.05, 3.63) is 35.9 Å². The Hall–Kier alpha value is -1.93. The van der Waals surface area contributed by atoms with Gasteiger partial charge in [0.25, 0.3) is 0 Å². The fourth-order valence-corrected chi connectivity index (χ4v) is 3.71. The number of sulfonamides is 1. The van der Waals surface area contributed by atoms with E-state index in [1.54, 1.807) is 24.3 Å². The number of nitrogens with zero attached hydrogens (tertiary/aromatic N) is 1. The van der Waals surface area contributed by atoms with Crippen molar-refractivity contribution in [3.8, 4) is 0 Å². The number of benzene rings is 1. The first kappa shape index (κ1) is 18.4. The zero-order valence-corrected chi connectivity index (χ0v) is 14.3. The van der Waals surface area contributed by atoms with Crippen molar-refractivity contribution in [2.45, 2.75) is 25.3 Å². The number of nitrogens with one attached hydrogen (secondary N) is 1. The summed E-state index contributed by atoms with van der Waals surface area (Å²) in [6.07, 6.45) is 2.43. The molecule has 1 amide bonds. The van der Waals surface area contributed by atoms with Crippen LogP contribution in [0, 0.1) is 5.92 Å². The Morgan fingerprint density at radius 1 is 1.33 bits per heavy atom. The van der Waals surface area contributed by atoms with E-state index in [0.717, 1.165) is 11.8 Å². The average molecular weight is 354 g/mol. The lowest BCUT2D eigenvalue weighted by molar-refractivity contribution is -0.142. The molecule has 8 heteroatoms. The summed E-state index contributed by atoms with van der Waals surface area (Å²) in [7, 11) is -3.35. The molecule has 2 rings (SSSR count). The monoisotopic (exact) mass is 354 g/mol. The van der Waals surface area contributed by atoms with Crippen LogP contribution in [0.3, 0.4) is 0 Å². The summed E-state index contributed by atoms with van der Waals surface area (Å²) < 4.78 is 24.5. The summed E-state index contributed by atoms with van der Waals surface area (Å²) in [6, 6.07) is 8.01. The van der Waals surface area contributed by atoms with Gasteiger partial charge >= 0.3 is 5.97 Å². The molecule has 7 nitrogen and oxygen atoms in total. The normalized spacial score (nSPS) is 20.3. The molecule has 24 heavy (non-hydrogen) atoms. The van der Waals surface area contributed by atoms with Crippen LogP contribution in [-0.4, -0.2) is 55.1 Å². The molecule has 1 aromatic rings. The molecule has 1 aromatic carbocycles. The smallest absolute Gasteiger partial charge is 0.326 e. The summed E-state index contributed by atoms with van der Waals surface area (Å²) in [6.45, 7) is 0.497. The highest BCUT2D eigenvalue weighted by Gasteiger charge is 2.32. The van der Waals surface area contributed by atoms with Crippen LogP contribution in [0.2, 0.25) is 0 Å². The molecule has 1 saturated heterocycles. The minimum Gasteiger partial charge on any atom is -0.480 e. The van der Waals surface area contributed by atoms with E-state index in [4.69, 9.17) is 0 Å². The van der Waals surface area contributed by atoms with Gasteiger partial charge in [0.05, 0.1) is 12.2 Å². The number of carbonyl (C=O) groups excluding carboxylic acids is 1. The van der Waals surface area contributed by atoms with Gasteiger partial charge in [-0.1, -0.05) is 30.3 Å². The Kier molecular flexibility index (Phi) is 5.95. The molecule has 1 heterocycles. The number of carbonyl (C=O) groups is 2. The van der Waals surface area contributed by atoms with E-state index in [1.807, 2.05) is 6.07 Å². The van der Waals surface area contributed by atoms with Crippen molar-refractivity contribution in [1.29, 1.82) is 0 Å². The Balaban J connectivity index is 2.01. The average Bonchev–Trinajstić information content (AvgIpc) is 2.54. The molecule has 0 bridgehead atoms. The molecule has 0 saturated carbocycles.